The third-order valence-electron chi connectivity index (χ3n) is 6.64. The zero-order chi connectivity index (χ0) is 21.8. The minimum atomic E-state index is -1.04. The number of fused-ring (bicyclic) bond motifs is 1. The summed E-state index contributed by atoms with van der Waals surface area (Å²) in [5.41, 5.74) is 4.95. The number of aliphatic carboxylic acids is 1. The predicted octanol–water partition coefficient (Wildman–Crippen LogP) is 5.15. The van der Waals surface area contributed by atoms with E-state index in [0.29, 0.717) is 11.2 Å². The Morgan fingerprint density at radius 2 is 1.58 bits per heavy atom. The van der Waals surface area contributed by atoms with Gasteiger partial charge in [0.2, 0.25) is 0 Å². The Morgan fingerprint density at radius 3 is 2.16 bits per heavy atom. The molecule has 0 radical (unpaired) electrons. The first-order chi connectivity index (χ1) is 14.8. The Balaban J connectivity index is 1.55. The number of pyridine rings is 1. The topological polar surface area (TPSA) is 67.5 Å². The fourth-order valence-corrected chi connectivity index (χ4v) is 4.34. The zero-order valence-corrected chi connectivity index (χ0v) is 18.0. The molecule has 1 saturated carbocycles. The molecule has 1 fully saturated rings. The van der Waals surface area contributed by atoms with Crippen LogP contribution >= 0.6 is 0 Å². The van der Waals surface area contributed by atoms with E-state index < -0.39 is 11.4 Å². The summed E-state index contributed by atoms with van der Waals surface area (Å²) in [7, 11) is 0. The van der Waals surface area contributed by atoms with Crippen molar-refractivity contribution in [3.63, 3.8) is 0 Å². The Morgan fingerprint density at radius 1 is 0.968 bits per heavy atom. The van der Waals surface area contributed by atoms with Crippen molar-refractivity contribution in [2.45, 2.75) is 44.4 Å². The maximum Gasteiger partial charge on any atom is 0.313 e. The van der Waals surface area contributed by atoms with E-state index in [9.17, 15) is 9.90 Å². The number of hydrogen-bond acceptors (Lipinski definition) is 3. The van der Waals surface area contributed by atoms with E-state index in [2.05, 4.69) is 65.7 Å². The van der Waals surface area contributed by atoms with Crippen molar-refractivity contribution < 1.29 is 9.90 Å². The lowest BCUT2D eigenvalue weighted by molar-refractivity contribution is -0.142. The molecular weight excluding hydrogens is 386 g/mol. The molecular formula is C26H25N3O2. The second kappa shape index (κ2) is 6.77. The molecule has 2 heterocycles. The lowest BCUT2D eigenvalue weighted by Crippen LogP contribution is -2.29. The molecule has 5 rings (SSSR count). The Labute approximate surface area is 181 Å². The summed E-state index contributed by atoms with van der Waals surface area (Å²) < 4.78 is 1.97. The van der Waals surface area contributed by atoms with E-state index in [-0.39, 0.29) is 5.41 Å². The molecule has 1 N–H and O–H groups in total. The minimum Gasteiger partial charge on any atom is -0.481 e. The van der Waals surface area contributed by atoms with E-state index in [0.717, 1.165) is 18.7 Å². The van der Waals surface area contributed by atoms with Crippen molar-refractivity contribution in [1.82, 2.24) is 14.6 Å². The monoisotopic (exact) mass is 411 g/mol. The van der Waals surface area contributed by atoms with Crippen molar-refractivity contribution in [2.24, 2.45) is 0 Å². The maximum atomic E-state index is 11.8. The highest BCUT2D eigenvalue weighted by molar-refractivity contribution is 5.83. The van der Waals surface area contributed by atoms with Crippen LogP contribution in [0.2, 0.25) is 0 Å². The number of carboxylic acids is 1. The Bertz CT molecular complexity index is 1280. The first kappa shape index (κ1) is 19.5. The van der Waals surface area contributed by atoms with Crippen molar-refractivity contribution >= 4 is 11.6 Å². The van der Waals surface area contributed by atoms with Gasteiger partial charge in [-0.2, -0.15) is 0 Å². The van der Waals surface area contributed by atoms with E-state index in [1.807, 2.05) is 22.7 Å². The van der Waals surface area contributed by atoms with Crippen molar-refractivity contribution in [3.05, 3.63) is 89.4 Å². The summed E-state index contributed by atoms with van der Waals surface area (Å²) in [4.78, 5) is 11.8. The summed E-state index contributed by atoms with van der Waals surface area (Å²) >= 11 is 0. The SMILES string of the molecule is Cc1ccc(-c2ccc(C3(c4nnc5c(C(C)(C)C(=O)O)cccn45)CC3)cc2)cc1. The number of aromatic nitrogens is 3. The van der Waals surface area contributed by atoms with E-state index in [1.54, 1.807) is 13.8 Å². The van der Waals surface area contributed by atoms with Gasteiger partial charge in [0.05, 0.1) is 10.8 Å². The van der Waals surface area contributed by atoms with Crippen LogP contribution in [-0.2, 0) is 15.6 Å². The molecule has 5 heteroatoms. The zero-order valence-electron chi connectivity index (χ0n) is 18.0. The van der Waals surface area contributed by atoms with Crippen LogP contribution < -0.4 is 0 Å². The van der Waals surface area contributed by atoms with Crippen molar-refractivity contribution in [2.75, 3.05) is 0 Å². The normalized spacial score (nSPS) is 15.2. The van der Waals surface area contributed by atoms with Gasteiger partial charge in [0, 0.05) is 11.8 Å². The molecule has 2 aromatic carbocycles. The van der Waals surface area contributed by atoms with Crippen LogP contribution in [0.4, 0.5) is 0 Å². The second-order valence-electron chi connectivity index (χ2n) is 9.09. The third kappa shape index (κ3) is 3.03. The Kier molecular flexibility index (Phi) is 4.26. The van der Waals surface area contributed by atoms with Gasteiger partial charge in [-0.1, -0.05) is 60.2 Å². The lowest BCUT2D eigenvalue weighted by Gasteiger charge is -2.20. The summed E-state index contributed by atoms with van der Waals surface area (Å²) in [6, 6.07) is 21.0. The summed E-state index contributed by atoms with van der Waals surface area (Å²) in [5.74, 6) is 0.00612. The predicted molar refractivity (Wildman–Crippen MR) is 120 cm³/mol. The second-order valence-corrected chi connectivity index (χ2v) is 9.09. The first-order valence-electron chi connectivity index (χ1n) is 10.6. The van der Waals surface area contributed by atoms with Crippen LogP contribution in [0.25, 0.3) is 16.8 Å². The van der Waals surface area contributed by atoms with Crippen molar-refractivity contribution in [1.29, 1.82) is 0 Å². The highest BCUT2D eigenvalue weighted by Crippen LogP contribution is 2.53. The average molecular weight is 412 g/mol. The highest BCUT2D eigenvalue weighted by Gasteiger charge is 2.50. The molecule has 156 valence electrons. The minimum absolute atomic E-state index is 0.169. The largest absolute Gasteiger partial charge is 0.481 e. The summed E-state index contributed by atoms with van der Waals surface area (Å²) in [5, 5.41) is 18.7. The number of hydrogen-bond donors (Lipinski definition) is 1. The molecule has 0 aliphatic heterocycles. The number of benzene rings is 2. The molecule has 2 aromatic heterocycles. The molecule has 1 aliphatic carbocycles. The van der Waals surface area contributed by atoms with Crippen LogP contribution in [0.3, 0.4) is 0 Å². The van der Waals surface area contributed by atoms with E-state index in [4.69, 9.17) is 0 Å². The molecule has 4 aromatic rings. The lowest BCUT2D eigenvalue weighted by atomic mass is 9.85. The van der Waals surface area contributed by atoms with Gasteiger partial charge in [-0.25, -0.2) is 0 Å². The molecule has 0 saturated heterocycles. The number of carbonyl (C=O) groups is 1. The third-order valence-corrected chi connectivity index (χ3v) is 6.64. The quantitative estimate of drug-likeness (QED) is 0.493. The molecule has 0 unspecified atom stereocenters. The first-order valence-corrected chi connectivity index (χ1v) is 10.6. The number of aryl methyl sites for hydroxylation is 1. The number of rotatable bonds is 5. The summed E-state index contributed by atoms with van der Waals surface area (Å²) in [6.45, 7) is 5.50. The fourth-order valence-electron chi connectivity index (χ4n) is 4.34. The molecule has 31 heavy (non-hydrogen) atoms. The summed E-state index contributed by atoms with van der Waals surface area (Å²) in [6.07, 6.45) is 3.95. The van der Waals surface area contributed by atoms with Gasteiger partial charge in [-0.15, -0.1) is 10.2 Å². The van der Waals surface area contributed by atoms with Crippen LogP contribution in [-0.4, -0.2) is 25.7 Å². The highest BCUT2D eigenvalue weighted by atomic mass is 16.4. The van der Waals surface area contributed by atoms with Gasteiger partial charge in [0.25, 0.3) is 0 Å². The van der Waals surface area contributed by atoms with Crippen LogP contribution in [0.15, 0.2) is 66.9 Å². The maximum absolute atomic E-state index is 11.8. The molecule has 1 aliphatic rings. The van der Waals surface area contributed by atoms with Crippen LogP contribution in [0.1, 0.15) is 49.2 Å². The van der Waals surface area contributed by atoms with E-state index in [1.165, 1.54) is 22.3 Å². The molecule has 0 atom stereocenters. The van der Waals surface area contributed by atoms with Gasteiger partial charge in [0.1, 0.15) is 5.82 Å². The van der Waals surface area contributed by atoms with Crippen LogP contribution in [0.5, 0.6) is 0 Å². The van der Waals surface area contributed by atoms with Gasteiger partial charge >= 0.3 is 5.97 Å². The molecule has 0 amide bonds. The van der Waals surface area contributed by atoms with E-state index >= 15 is 0 Å². The van der Waals surface area contributed by atoms with Gasteiger partial charge < -0.3 is 5.11 Å². The average Bonchev–Trinajstić information content (AvgIpc) is 3.46. The molecule has 5 nitrogen and oxygen atoms in total. The number of nitrogens with zero attached hydrogens (tertiary/aromatic N) is 3. The van der Waals surface area contributed by atoms with Gasteiger partial charge in [-0.3, -0.25) is 9.20 Å². The van der Waals surface area contributed by atoms with Crippen molar-refractivity contribution in [3.8, 4) is 11.1 Å². The van der Waals surface area contributed by atoms with Gasteiger partial charge in [-0.05, 0) is 56.4 Å². The molecule has 0 spiro atoms. The Hall–Kier alpha value is -3.47. The standard InChI is InChI=1S/C26H25N3O2/c1-17-6-8-18(9-7-17)19-10-12-20(13-11-19)26(14-15-26)23-28-27-22-21(5-4-16-29(22)23)25(2,3)24(30)31/h4-13,16H,14-15H2,1-3H3,(H,30,31). The fraction of sp³-hybridized carbons (Fsp3) is 0.269. The molecule has 0 bridgehead atoms. The number of carboxylic acid groups (broad SMARTS) is 1. The van der Waals surface area contributed by atoms with Crippen LogP contribution in [0, 0.1) is 6.92 Å². The van der Waals surface area contributed by atoms with Gasteiger partial charge in [0.15, 0.2) is 5.65 Å². The smallest absolute Gasteiger partial charge is 0.313 e.